The molecule has 7 heteroatoms. The Hall–Kier alpha value is -2.22. The Balaban J connectivity index is 1.24. The number of ketones is 1. The molecule has 2 aromatic carbocycles. The Morgan fingerprint density at radius 1 is 1.09 bits per heavy atom. The quantitative estimate of drug-likeness (QED) is 0.493. The van der Waals surface area contributed by atoms with Crippen LogP contribution in [0.25, 0.3) is 10.9 Å². The van der Waals surface area contributed by atoms with Crippen molar-refractivity contribution in [2.24, 2.45) is 5.92 Å². The van der Waals surface area contributed by atoms with Crippen LogP contribution in [0.1, 0.15) is 34.5 Å². The number of carbonyl (C=O) groups is 2. The van der Waals surface area contributed by atoms with E-state index in [4.69, 9.17) is 4.74 Å². The molecule has 166 valence electrons. The number of aromatic amines is 1. The highest BCUT2D eigenvalue weighted by atomic mass is 32.2. The summed E-state index contributed by atoms with van der Waals surface area (Å²) in [4.78, 5) is 29.4. The molecule has 3 aromatic rings. The number of Topliss-reactive ketones (excluding diaryl/α,β-unsaturated/α-hetero) is 1. The molecule has 1 aromatic heterocycles. The van der Waals surface area contributed by atoms with Gasteiger partial charge in [0.05, 0.1) is 18.9 Å². The number of benzene rings is 2. The van der Waals surface area contributed by atoms with Crippen molar-refractivity contribution in [2.75, 3.05) is 24.7 Å². The second-order valence-electron chi connectivity index (χ2n) is 8.20. The van der Waals surface area contributed by atoms with Gasteiger partial charge in [-0.2, -0.15) is 0 Å². The number of hydrogen-bond acceptors (Lipinski definition) is 5. The second-order valence-corrected chi connectivity index (χ2v) is 11.1. The lowest BCUT2D eigenvalue weighted by molar-refractivity contribution is -0.122. The zero-order valence-electron chi connectivity index (χ0n) is 17.8. The highest BCUT2D eigenvalue weighted by molar-refractivity contribution is 8.20. The summed E-state index contributed by atoms with van der Waals surface area (Å²) in [6.07, 6.45) is 0.756. The number of H-pyrrole nitrogens is 1. The first kappa shape index (κ1) is 21.6. The normalized spacial score (nSPS) is 19.4. The molecule has 0 radical (unpaired) electrons. The lowest BCUT2D eigenvalue weighted by Crippen LogP contribution is -2.39. The van der Waals surface area contributed by atoms with E-state index in [1.165, 1.54) is 0 Å². The summed E-state index contributed by atoms with van der Waals surface area (Å²) in [6.45, 7) is 1.47. The van der Waals surface area contributed by atoms with E-state index in [1.807, 2.05) is 78.1 Å². The molecule has 5 nitrogen and oxygen atoms in total. The van der Waals surface area contributed by atoms with E-state index in [2.05, 4.69) is 10.3 Å². The van der Waals surface area contributed by atoms with Crippen LogP contribution in [-0.4, -0.2) is 41.3 Å². The van der Waals surface area contributed by atoms with E-state index in [1.54, 1.807) is 0 Å². The topological polar surface area (TPSA) is 71.2 Å². The van der Waals surface area contributed by atoms with E-state index in [0.29, 0.717) is 32.6 Å². The highest BCUT2D eigenvalue weighted by Crippen LogP contribution is 2.61. The van der Waals surface area contributed by atoms with Crippen LogP contribution in [-0.2, 0) is 20.2 Å². The van der Waals surface area contributed by atoms with Crippen LogP contribution in [0, 0.1) is 5.92 Å². The number of carbonyl (C=O) groups excluding carboxylic acids is 2. The Morgan fingerprint density at radius 3 is 2.66 bits per heavy atom. The predicted molar refractivity (Wildman–Crippen MR) is 131 cm³/mol. The van der Waals surface area contributed by atoms with E-state index in [9.17, 15) is 9.59 Å². The summed E-state index contributed by atoms with van der Waals surface area (Å²) in [5.41, 5.74) is 3.95. The Bertz CT molecular complexity index is 1120. The molecule has 1 saturated heterocycles. The molecule has 1 unspecified atom stereocenters. The molecule has 2 N–H and O–H groups in total. The number of thioether (sulfide) groups is 2. The fourth-order valence-electron chi connectivity index (χ4n) is 4.69. The number of ether oxygens (including phenoxy) is 1. The molecule has 1 spiro atoms. The van der Waals surface area contributed by atoms with Crippen LogP contribution in [0.4, 0.5) is 0 Å². The number of para-hydroxylation sites is 1. The van der Waals surface area contributed by atoms with Gasteiger partial charge < -0.3 is 15.0 Å². The van der Waals surface area contributed by atoms with Gasteiger partial charge >= 0.3 is 0 Å². The summed E-state index contributed by atoms with van der Waals surface area (Å²) in [5.74, 6) is 2.15. The molecule has 1 fully saturated rings. The Kier molecular flexibility index (Phi) is 6.31. The smallest absolute Gasteiger partial charge is 0.220 e. The molecule has 1 aliphatic carbocycles. The maximum atomic E-state index is 13.1. The van der Waals surface area contributed by atoms with Gasteiger partial charge in [0.2, 0.25) is 5.91 Å². The number of hydrogen-bond donors (Lipinski definition) is 2. The molecule has 32 heavy (non-hydrogen) atoms. The van der Waals surface area contributed by atoms with Crippen molar-refractivity contribution in [1.29, 1.82) is 0 Å². The van der Waals surface area contributed by atoms with E-state index in [-0.39, 0.29) is 21.7 Å². The summed E-state index contributed by atoms with van der Waals surface area (Å²) in [5, 5.41) is 3.98. The van der Waals surface area contributed by atoms with Crippen molar-refractivity contribution < 1.29 is 14.3 Å². The first-order chi connectivity index (χ1) is 15.7. The van der Waals surface area contributed by atoms with Crippen LogP contribution in [0.5, 0.6) is 0 Å². The molecule has 0 saturated carbocycles. The molecule has 2 heterocycles. The maximum absolute atomic E-state index is 13.1. The van der Waals surface area contributed by atoms with Gasteiger partial charge in [0, 0.05) is 53.3 Å². The van der Waals surface area contributed by atoms with E-state index in [0.717, 1.165) is 39.2 Å². The first-order valence-corrected chi connectivity index (χ1v) is 12.9. The molecular formula is C25H26N2O3S2. The lowest BCUT2D eigenvalue weighted by Gasteiger charge is -2.39. The van der Waals surface area contributed by atoms with Crippen LogP contribution < -0.4 is 5.32 Å². The number of nitrogens with one attached hydrogen (secondary N) is 2. The van der Waals surface area contributed by atoms with E-state index >= 15 is 0 Å². The molecule has 1 atom stereocenters. The molecule has 5 rings (SSSR count). The average Bonchev–Trinajstić information content (AvgIpc) is 3.44. The molecular weight excluding hydrogens is 440 g/mol. The van der Waals surface area contributed by atoms with Crippen LogP contribution in [0.3, 0.4) is 0 Å². The third-order valence-corrected chi connectivity index (χ3v) is 9.85. The monoisotopic (exact) mass is 466 g/mol. The van der Waals surface area contributed by atoms with Gasteiger partial charge in [-0.25, -0.2) is 0 Å². The largest absolute Gasteiger partial charge is 0.375 e. The van der Waals surface area contributed by atoms with Crippen LogP contribution >= 0.6 is 23.5 Å². The van der Waals surface area contributed by atoms with Crippen molar-refractivity contribution in [3.05, 3.63) is 71.4 Å². The third kappa shape index (κ3) is 4.09. The predicted octanol–water partition coefficient (Wildman–Crippen LogP) is 4.73. The van der Waals surface area contributed by atoms with Gasteiger partial charge in [-0.05, 0) is 11.6 Å². The fourth-order valence-corrected chi connectivity index (χ4v) is 8.20. The Labute approximate surface area is 196 Å². The summed E-state index contributed by atoms with van der Waals surface area (Å²) >= 11 is 3.76. The third-order valence-electron chi connectivity index (χ3n) is 6.13. The minimum absolute atomic E-state index is 0.0156. The van der Waals surface area contributed by atoms with Gasteiger partial charge in [0.25, 0.3) is 0 Å². The maximum Gasteiger partial charge on any atom is 0.220 e. The number of aromatic nitrogens is 1. The van der Waals surface area contributed by atoms with E-state index < -0.39 is 0 Å². The lowest BCUT2D eigenvalue weighted by atomic mass is 9.82. The Morgan fingerprint density at radius 2 is 1.84 bits per heavy atom. The van der Waals surface area contributed by atoms with Crippen LogP contribution in [0.15, 0.2) is 54.6 Å². The molecule has 1 aliphatic heterocycles. The van der Waals surface area contributed by atoms with Crippen molar-refractivity contribution in [3.63, 3.8) is 0 Å². The molecule has 0 bridgehead atoms. The second kappa shape index (κ2) is 9.33. The van der Waals surface area contributed by atoms with Gasteiger partial charge in [0.15, 0.2) is 5.78 Å². The standard InChI is InChI=1S/C25H26N2O3S2/c28-21-14-18(15-22(29)26-10-11-30-16-17-6-2-1-3-7-17)25(31-12-13-32-25)24-23(21)19-8-4-5-9-20(19)27-24/h1-9,18,27H,10-16H2,(H,26,29). The van der Waals surface area contributed by atoms with Crippen molar-refractivity contribution >= 4 is 46.1 Å². The number of fused-ring (bicyclic) bond motifs is 4. The summed E-state index contributed by atoms with van der Waals surface area (Å²) in [6, 6.07) is 18.0. The van der Waals surface area contributed by atoms with Gasteiger partial charge in [0.1, 0.15) is 4.08 Å². The minimum atomic E-state index is -0.261. The van der Waals surface area contributed by atoms with Crippen molar-refractivity contribution in [3.8, 4) is 0 Å². The zero-order valence-corrected chi connectivity index (χ0v) is 19.4. The van der Waals surface area contributed by atoms with Crippen LogP contribution in [0.2, 0.25) is 0 Å². The van der Waals surface area contributed by atoms with Gasteiger partial charge in [-0.1, -0.05) is 48.5 Å². The SMILES string of the molecule is O=C(CC1CC(=O)c2c([nH]c3ccccc23)C12SCCS2)NCCOCc1ccccc1. The molecule has 1 amide bonds. The first-order valence-electron chi connectivity index (χ1n) is 11.0. The summed E-state index contributed by atoms with van der Waals surface area (Å²) in [7, 11) is 0. The minimum Gasteiger partial charge on any atom is -0.375 e. The fraction of sp³-hybridized carbons (Fsp3) is 0.360. The van der Waals surface area contributed by atoms with Gasteiger partial charge in [-0.3, -0.25) is 9.59 Å². The molecule has 2 aliphatic rings. The van der Waals surface area contributed by atoms with Crippen molar-refractivity contribution in [2.45, 2.75) is 23.5 Å². The highest BCUT2D eigenvalue weighted by Gasteiger charge is 2.52. The number of rotatable bonds is 7. The summed E-state index contributed by atoms with van der Waals surface area (Å²) < 4.78 is 5.41. The average molecular weight is 467 g/mol. The van der Waals surface area contributed by atoms with Crippen molar-refractivity contribution in [1.82, 2.24) is 10.3 Å². The van der Waals surface area contributed by atoms with Gasteiger partial charge in [-0.15, -0.1) is 23.5 Å². The zero-order chi connectivity index (χ0) is 22.0. The number of amides is 1.